The Kier molecular flexibility index (Phi) is 7.26. The first-order valence-electron chi connectivity index (χ1n) is 11.8. The third-order valence-corrected chi connectivity index (χ3v) is 5.91. The predicted octanol–water partition coefficient (Wildman–Crippen LogP) is 4.74. The number of rotatable bonds is 10. The quantitative estimate of drug-likeness (QED) is 0.262. The summed E-state index contributed by atoms with van der Waals surface area (Å²) in [5, 5.41) is 6.48. The maximum absolute atomic E-state index is 13.4. The molecule has 39 heavy (non-hydrogen) atoms. The van der Waals surface area contributed by atoms with Crippen LogP contribution in [0.5, 0.6) is 23.0 Å². The lowest BCUT2D eigenvalue weighted by molar-refractivity contribution is 0.324. The Labute approximate surface area is 223 Å². The second kappa shape index (κ2) is 11.1. The molecule has 0 fully saturated rings. The summed E-state index contributed by atoms with van der Waals surface area (Å²) in [4.78, 5) is 18.1. The third-order valence-electron chi connectivity index (χ3n) is 5.91. The van der Waals surface area contributed by atoms with E-state index in [1.807, 2.05) is 18.2 Å². The molecule has 0 saturated carbocycles. The van der Waals surface area contributed by atoms with Crippen LogP contribution in [0.4, 0.5) is 22.0 Å². The number of benzene rings is 3. The Morgan fingerprint density at radius 2 is 1.56 bits per heavy atom. The van der Waals surface area contributed by atoms with Crippen LogP contribution in [0.15, 0.2) is 60.9 Å². The molecule has 0 aliphatic carbocycles. The van der Waals surface area contributed by atoms with Crippen molar-refractivity contribution in [1.29, 1.82) is 0 Å². The van der Waals surface area contributed by atoms with Gasteiger partial charge in [-0.25, -0.2) is 23.9 Å². The average molecular weight is 532 g/mol. The number of hydrogen-bond acceptors (Lipinski definition) is 10. The molecule has 3 aromatic carbocycles. The lowest BCUT2D eigenvalue weighted by Gasteiger charge is -2.15. The number of ether oxygens (including phenoxy) is 4. The second-order valence-electron chi connectivity index (χ2n) is 8.25. The minimum Gasteiger partial charge on any atom is -0.497 e. The fraction of sp³-hybridized carbons (Fsp3) is 0.185. The maximum atomic E-state index is 13.4. The first-order chi connectivity index (χ1) is 19.0. The number of nitrogens with zero attached hydrogens (tertiary/aromatic N) is 5. The van der Waals surface area contributed by atoms with Crippen LogP contribution in [0.3, 0.4) is 0 Å². The number of halogens is 1. The molecule has 12 heteroatoms. The van der Waals surface area contributed by atoms with Crippen molar-refractivity contribution in [2.75, 3.05) is 39.1 Å². The highest BCUT2D eigenvalue weighted by molar-refractivity contribution is 5.82. The maximum Gasteiger partial charge on any atom is 0.241 e. The Bertz CT molecular complexity index is 1580. The lowest BCUT2D eigenvalue weighted by Crippen LogP contribution is -2.10. The molecule has 0 aliphatic heterocycles. The summed E-state index contributed by atoms with van der Waals surface area (Å²) in [6.07, 6.45) is 1.40. The van der Waals surface area contributed by atoms with Gasteiger partial charge in [0.25, 0.3) is 0 Å². The number of aromatic nitrogens is 5. The monoisotopic (exact) mass is 531 g/mol. The van der Waals surface area contributed by atoms with Crippen molar-refractivity contribution in [1.82, 2.24) is 24.5 Å². The van der Waals surface area contributed by atoms with Gasteiger partial charge in [0.2, 0.25) is 23.6 Å². The van der Waals surface area contributed by atoms with Crippen molar-refractivity contribution < 1.29 is 23.3 Å². The Morgan fingerprint density at radius 3 is 2.23 bits per heavy atom. The van der Waals surface area contributed by atoms with E-state index in [1.165, 1.54) is 18.5 Å². The van der Waals surface area contributed by atoms with E-state index in [9.17, 15) is 4.39 Å². The van der Waals surface area contributed by atoms with Gasteiger partial charge in [-0.05, 0) is 29.8 Å². The van der Waals surface area contributed by atoms with Gasteiger partial charge >= 0.3 is 0 Å². The van der Waals surface area contributed by atoms with Crippen LogP contribution in [-0.2, 0) is 6.54 Å². The topological polar surface area (TPSA) is 117 Å². The fourth-order valence-corrected chi connectivity index (χ4v) is 4.03. The first-order valence-corrected chi connectivity index (χ1v) is 11.8. The van der Waals surface area contributed by atoms with E-state index >= 15 is 0 Å². The number of hydrogen-bond donors (Lipinski definition) is 2. The van der Waals surface area contributed by atoms with Crippen LogP contribution in [0, 0.1) is 5.82 Å². The van der Waals surface area contributed by atoms with Gasteiger partial charge < -0.3 is 29.6 Å². The van der Waals surface area contributed by atoms with Gasteiger partial charge in [-0.15, -0.1) is 0 Å². The van der Waals surface area contributed by atoms with E-state index in [-0.39, 0.29) is 11.8 Å². The van der Waals surface area contributed by atoms with Gasteiger partial charge in [-0.2, -0.15) is 4.98 Å². The molecular weight excluding hydrogens is 505 g/mol. The minimum atomic E-state index is -0.296. The summed E-state index contributed by atoms with van der Waals surface area (Å²) in [7, 11) is 6.22. The van der Waals surface area contributed by atoms with Crippen LogP contribution in [0.2, 0.25) is 0 Å². The SMILES string of the molecule is COc1ccc2c(c1)nc(NCc1ccc(F)cc1)n2-c1ncnc(Nc2cc(OC)c(OC)c(OC)c2)n1. The van der Waals surface area contributed by atoms with Gasteiger partial charge in [0.05, 0.1) is 39.5 Å². The Balaban J connectivity index is 1.52. The summed E-state index contributed by atoms with van der Waals surface area (Å²) in [6, 6.07) is 15.3. The molecule has 0 bridgehead atoms. The van der Waals surface area contributed by atoms with Crippen molar-refractivity contribution in [3.63, 3.8) is 0 Å². The molecule has 200 valence electrons. The van der Waals surface area contributed by atoms with Gasteiger partial charge in [-0.3, -0.25) is 0 Å². The number of nitrogens with one attached hydrogen (secondary N) is 2. The van der Waals surface area contributed by atoms with E-state index in [4.69, 9.17) is 23.9 Å². The molecule has 0 aliphatic rings. The normalized spacial score (nSPS) is 10.8. The first kappa shape index (κ1) is 25.5. The number of imidazole rings is 1. The molecule has 0 saturated heterocycles. The van der Waals surface area contributed by atoms with Gasteiger partial charge in [0.1, 0.15) is 17.9 Å². The standard InChI is InChI=1S/C27H26FN7O4/c1-36-19-9-10-21-20(13-19)33-26(29-14-16-5-7-17(28)8-6-16)35(21)27-31-15-30-25(34-27)32-18-11-22(37-2)24(39-4)23(12-18)38-3/h5-13,15H,14H2,1-4H3,(H,29,33)(H,30,31,32,34). The molecule has 0 atom stereocenters. The zero-order valence-corrected chi connectivity index (χ0v) is 21.7. The van der Waals surface area contributed by atoms with Crippen molar-refractivity contribution >= 4 is 28.6 Å². The Hall–Kier alpha value is -5.13. The highest BCUT2D eigenvalue weighted by atomic mass is 19.1. The van der Waals surface area contributed by atoms with Crippen molar-refractivity contribution in [3.05, 3.63) is 72.3 Å². The summed E-state index contributed by atoms with van der Waals surface area (Å²) in [6.45, 7) is 0.405. The summed E-state index contributed by atoms with van der Waals surface area (Å²) in [5.41, 5.74) is 2.93. The largest absolute Gasteiger partial charge is 0.497 e. The molecule has 0 unspecified atom stereocenters. The van der Waals surface area contributed by atoms with E-state index in [1.54, 1.807) is 57.3 Å². The number of fused-ring (bicyclic) bond motifs is 1. The molecule has 0 spiro atoms. The lowest BCUT2D eigenvalue weighted by atomic mass is 10.2. The molecule has 5 aromatic rings. The van der Waals surface area contributed by atoms with Crippen molar-refractivity contribution in [3.8, 4) is 28.9 Å². The van der Waals surface area contributed by atoms with E-state index < -0.39 is 0 Å². The van der Waals surface area contributed by atoms with Gasteiger partial charge in [0.15, 0.2) is 11.5 Å². The van der Waals surface area contributed by atoms with Crippen LogP contribution in [-0.4, -0.2) is 52.9 Å². The molecular formula is C27H26FN7O4. The third kappa shape index (κ3) is 5.30. The van der Waals surface area contributed by atoms with Crippen molar-refractivity contribution in [2.24, 2.45) is 0 Å². The zero-order valence-electron chi connectivity index (χ0n) is 21.7. The zero-order chi connectivity index (χ0) is 27.4. The second-order valence-corrected chi connectivity index (χ2v) is 8.25. The average Bonchev–Trinajstić information content (AvgIpc) is 3.33. The van der Waals surface area contributed by atoms with Crippen LogP contribution in [0.1, 0.15) is 5.56 Å². The number of methoxy groups -OCH3 is 4. The van der Waals surface area contributed by atoms with Gasteiger partial charge in [0, 0.05) is 30.4 Å². The van der Waals surface area contributed by atoms with Crippen molar-refractivity contribution in [2.45, 2.75) is 6.54 Å². The summed E-state index contributed by atoms with van der Waals surface area (Å²) < 4.78 is 36.8. The Morgan fingerprint density at radius 1 is 0.821 bits per heavy atom. The molecule has 0 radical (unpaired) electrons. The highest BCUT2D eigenvalue weighted by Gasteiger charge is 2.18. The highest BCUT2D eigenvalue weighted by Crippen LogP contribution is 2.40. The summed E-state index contributed by atoms with van der Waals surface area (Å²) in [5.74, 6) is 2.91. The van der Waals surface area contributed by atoms with E-state index in [0.29, 0.717) is 52.6 Å². The van der Waals surface area contributed by atoms with E-state index in [0.717, 1.165) is 11.1 Å². The van der Waals surface area contributed by atoms with Crippen LogP contribution >= 0.6 is 0 Å². The smallest absolute Gasteiger partial charge is 0.241 e. The number of anilines is 3. The summed E-state index contributed by atoms with van der Waals surface area (Å²) >= 11 is 0. The molecule has 0 amide bonds. The van der Waals surface area contributed by atoms with Gasteiger partial charge in [-0.1, -0.05) is 12.1 Å². The van der Waals surface area contributed by atoms with Crippen LogP contribution in [0.25, 0.3) is 17.0 Å². The molecule has 2 aromatic heterocycles. The molecule has 5 rings (SSSR count). The van der Waals surface area contributed by atoms with Crippen LogP contribution < -0.4 is 29.6 Å². The predicted molar refractivity (Wildman–Crippen MR) is 144 cm³/mol. The fourth-order valence-electron chi connectivity index (χ4n) is 4.03. The minimum absolute atomic E-state index is 0.286. The molecule has 2 N–H and O–H groups in total. The molecule has 11 nitrogen and oxygen atoms in total. The molecule has 2 heterocycles. The van der Waals surface area contributed by atoms with E-state index in [2.05, 4.69) is 25.6 Å².